The van der Waals surface area contributed by atoms with E-state index in [1.165, 1.54) is 0 Å². The molecule has 6 aromatic rings. The maximum Gasteiger partial charge on any atom is 0.320 e. The zero-order valence-corrected chi connectivity index (χ0v) is 39.0. The number of carbonyl (C=O) groups excluding carboxylic acids is 1. The van der Waals surface area contributed by atoms with E-state index in [0.29, 0.717) is 34.6 Å². The van der Waals surface area contributed by atoms with E-state index in [9.17, 15) is 10.1 Å². The molecular formula is C50H56N7O8P. The molecule has 1 unspecified atom stereocenters. The number of fused-ring (bicyclic) bond motifs is 1. The molecule has 1 N–H and O–H groups in total. The Labute approximate surface area is 387 Å². The number of rotatable bonds is 22. The van der Waals surface area contributed by atoms with Crippen molar-refractivity contribution in [3.05, 3.63) is 150 Å². The molecule has 16 heteroatoms. The number of imidazole rings is 1. The maximum absolute atomic E-state index is 13.4. The second-order valence-electron chi connectivity index (χ2n) is 16.0. The molecule has 1 aliphatic rings. The number of methoxy groups -OCH3 is 2. The zero-order chi connectivity index (χ0) is 46.6. The Kier molecular flexibility index (Phi) is 16.1. The molecule has 0 bridgehead atoms. The van der Waals surface area contributed by atoms with Crippen LogP contribution in [-0.4, -0.2) is 88.4 Å². The lowest BCUT2D eigenvalue weighted by molar-refractivity contribution is -0.0912. The second-order valence-corrected chi connectivity index (χ2v) is 17.4. The molecule has 4 aromatic carbocycles. The van der Waals surface area contributed by atoms with Crippen molar-refractivity contribution in [1.29, 1.82) is 5.26 Å². The highest BCUT2D eigenvalue weighted by Crippen LogP contribution is 2.51. The number of nitrogens with one attached hydrogen (secondary N) is 1. The average Bonchev–Trinajstić information content (AvgIpc) is 3.95. The molecule has 3 heterocycles. The second kappa shape index (κ2) is 22.3. The van der Waals surface area contributed by atoms with Crippen LogP contribution in [0.3, 0.4) is 0 Å². The highest BCUT2D eigenvalue weighted by Gasteiger charge is 2.45. The summed E-state index contributed by atoms with van der Waals surface area (Å²) in [5.74, 6) is 1.20. The Bertz CT molecular complexity index is 2500. The zero-order valence-electron chi connectivity index (χ0n) is 38.1. The molecule has 0 saturated carbocycles. The number of aromatic nitrogens is 4. The Morgan fingerprint density at radius 3 is 2.11 bits per heavy atom. The largest absolute Gasteiger partial charge is 0.497 e. The van der Waals surface area contributed by atoms with Gasteiger partial charge in [0.1, 0.15) is 36.0 Å². The summed E-state index contributed by atoms with van der Waals surface area (Å²) in [5, 5.41) is 12.4. The molecule has 0 aliphatic carbocycles. The van der Waals surface area contributed by atoms with Gasteiger partial charge in [0.2, 0.25) is 0 Å². The summed E-state index contributed by atoms with van der Waals surface area (Å²) in [6.45, 7) is 12.5. The number of carbonyl (C=O) groups is 1. The molecular weight excluding hydrogens is 858 g/mol. The highest BCUT2D eigenvalue weighted by molar-refractivity contribution is 7.44. The third kappa shape index (κ3) is 10.7. The van der Waals surface area contributed by atoms with Crippen LogP contribution in [-0.2, 0) is 24.1 Å². The van der Waals surface area contributed by atoms with Gasteiger partial charge in [-0.2, -0.15) is 15.2 Å². The molecule has 0 radical (unpaired) electrons. The van der Waals surface area contributed by atoms with Gasteiger partial charge in [-0.15, -0.1) is 0 Å². The van der Waals surface area contributed by atoms with Crippen LogP contribution in [0.15, 0.2) is 128 Å². The lowest BCUT2D eigenvalue weighted by Gasteiger charge is -2.39. The number of ether oxygens (including phenoxy) is 5. The van der Waals surface area contributed by atoms with E-state index in [2.05, 4.69) is 55.3 Å². The fraction of sp³-hybridized carbons (Fsp3) is 0.340. The number of amides is 1. The fourth-order valence-electron chi connectivity index (χ4n) is 7.99. The number of benzene rings is 4. The molecule has 344 valence electrons. The van der Waals surface area contributed by atoms with Gasteiger partial charge in [-0.25, -0.2) is 9.65 Å². The normalized spacial score (nSPS) is 16.6. The standard InChI is InChI=1S/C50H56N7O8P/c1-8-29-61-49-54-46(53-48(58)36-16-11-9-12-17-36)45-47(55-49)56(33-52-45)44-31-42(65-66(63-30-15-28-51)57(34(2)3)35(4)5)43(64-44)32-62-50(37-18-13-10-14-19-37,38-20-24-40(59-6)25-21-38)39-22-26-41(60-7)27-23-39/h8-14,16-27,33-35,42-44H,1,15,29-32H2,2-7H3,(H,53,54,55,58)/t42-,43+,44+,66?/m0/s1. The number of hydrogen-bond donors (Lipinski definition) is 1. The first-order valence-corrected chi connectivity index (χ1v) is 23.0. The van der Waals surface area contributed by atoms with E-state index < -0.39 is 32.6 Å². The molecule has 7 rings (SSSR count). The predicted octanol–water partition coefficient (Wildman–Crippen LogP) is 9.62. The maximum atomic E-state index is 13.4. The van der Waals surface area contributed by atoms with Crippen molar-refractivity contribution in [2.24, 2.45) is 0 Å². The summed E-state index contributed by atoms with van der Waals surface area (Å²) in [5.41, 5.74) is 2.59. The summed E-state index contributed by atoms with van der Waals surface area (Å²) in [6, 6.07) is 36.9. The van der Waals surface area contributed by atoms with Crippen LogP contribution in [0.25, 0.3) is 11.2 Å². The summed E-state index contributed by atoms with van der Waals surface area (Å²) >= 11 is 0. The van der Waals surface area contributed by atoms with Gasteiger partial charge in [0.05, 0.1) is 52.4 Å². The topological polar surface area (TPSA) is 164 Å². The van der Waals surface area contributed by atoms with Crippen LogP contribution >= 0.6 is 8.53 Å². The van der Waals surface area contributed by atoms with Crippen molar-refractivity contribution in [2.75, 3.05) is 39.4 Å². The van der Waals surface area contributed by atoms with Gasteiger partial charge >= 0.3 is 6.01 Å². The molecule has 1 amide bonds. The monoisotopic (exact) mass is 913 g/mol. The van der Waals surface area contributed by atoms with Gasteiger partial charge in [-0.1, -0.05) is 85.5 Å². The number of hydrogen-bond acceptors (Lipinski definition) is 13. The van der Waals surface area contributed by atoms with Crippen LogP contribution in [0.4, 0.5) is 5.82 Å². The van der Waals surface area contributed by atoms with Crippen LogP contribution in [0.2, 0.25) is 0 Å². The van der Waals surface area contributed by atoms with Crippen LogP contribution < -0.4 is 19.5 Å². The fourth-order valence-corrected chi connectivity index (χ4v) is 9.74. The quantitative estimate of drug-likeness (QED) is 0.0297. The van der Waals surface area contributed by atoms with Crippen molar-refractivity contribution in [2.45, 2.75) is 76.7 Å². The van der Waals surface area contributed by atoms with Crippen LogP contribution in [0, 0.1) is 11.3 Å². The molecule has 1 saturated heterocycles. The molecule has 15 nitrogen and oxygen atoms in total. The SMILES string of the molecule is C=CCOc1nc(NC(=O)c2ccccc2)c2ncn([C@H]3C[C@H](OP(OCCC#N)N(C(C)C)C(C)C)[C@@H](COC(c4ccccc4)(c4ccc(OC)cc4)c4ccc(OC)cc4)O3)c2n1. The highest BCUT2D eigenvalue weighted by atomic mass is 31.2. The Morgan fingerprint density at radius 1 is 0.924 bits per heavy atom. The van der Waals surface area contributed by atoms with Crippen LogP contribution in [0.5, 0.6) is 17.5 Å². The third-order valence-electron chi connectivity index (χ3n) is 11.0. The van der Waals surface area contributed by atoms with Gasteiger partial charge < -0.3 is 38.0 Å². The van der Waals surface area contributed by atoms with Gasteiger partial charge in [-0.3, -0.25) is 9.36 Å². The minimum Gasteiger partial charge on any atom is -0.497 e. The van der Waals surface area contributed by atoms with Crippen molar-refractivity contribution >= 4 is 31.4 Å². The van der Waals surface area contributed by atoms with E-state index in [0.717, 1.165) is 16.7 Å². The summed E-state index contributed by atoms with van der Waals surface area (Å²) in [7, 11) is 1.57. The van der Waals surface area contributed by atoms with Gasteiger partial charge in [0, 0.05) is 24.1 Å². The van der Waals surface area contributed by atoms with E-state index >= 15 is 0 Å². The lowest BCUT2D eigenvalue weighted by Crippen LogP contribution is -2.39. The smallest absolute Gasteiger partial charge is 0.320 e. The van der Waals surface area contributed by atoms with Crippen LogP contribution in [0.1, 0.15) is 73.8 Å². The Hall–Kier alpha value is -6.24. The van der Waals surface area contributed by atoms with Crippen molar-refractivity contribution in [1.82, 2.24) is 24.2 Å². The number of nitriles is 1. The van der Waals surface area contributed by atoms with Gasteiger partial charge in [0.25, 0.3) is 14.4 Å². The molecule has 1 aliphatic heterocycles. The van der Waals surface area contributed by atoms with Gasteiger partial charge in [-0.05, 0) is 80.8 Å². The minimum absolute atomic E-state index is 0.0174. The minimum atomic E-state index is -1.70. The van der Waals surface area contributed by atoms with Crippen molar-refractivity contribution in [3.8, 4) is 23.6 Å². The third-order valence-corrected chi connectivity index (χ3v) is 13.2. The lowest BCUT2D eigenvalue weighted by atomic mass is 9.80. The first-order chi connectivity index (χ1) is 32.1. The summed E-state index contributed by atoms with van der Waals surface area (Å²) < 4.78 is 49.0. The molecule has 2 aromatic heterocycles. The van der Waals surface area contributed by atoms with Gasteiger partial charge in [0.15, 0.2) is 17.0 Å². The Balaban J connectivity index is 1.32. The first-order valence-electron chi connectivity index (χ1n) is 21.8. The number of anilines is 1. The van der Waals surface area contributed by atoms with E-state index in [-0.39, 0.29) is 56.1 Å². The average molecular weight is 914 g/mol. The molecule has 0 spiro atoms. The van der Waals surface area contributed by atoms with E-state index in [1.807, 2.05) is 84.9 Å². The molecule has 1 fully saturated rings. The summed E-state index contributed by atoms with van der Waals surface area (Å²) in [6.07, 6.45) is 1.75. The molecule has 4 atom stereocenters. The van der Waals surface area contributed by atoms with E-state index in [1.54, 1.807) is 55.5 Å². The van der Waals surface area contributed by atoms with Crippen molar-refractivity contribution in [3.63, 3.8) is 0 Å². The number of nitrogens with zero attached hydrogens (tertiary/aromatic N) is 6. The predicted molar refractivity (Wildman–Crippen MR) is 252 cm³/mol. The Morgan fingerprint density at radius 2 is 1.53 bits per heavy atom. The summed E-state index contributed by atoms with van der Waals surface area (Å²) in [4.78, 5) is 27.5. The first kappa shape index (κ1) is 47.7. The van der Waals surface area contributed by atoms with Crippen molar-refractivity contribution < 1.29 is 37.5 Å². The molecule has 66 heavy (non-hydrogen) atoms. The van der Waals surface area contributed by atoms with E-state index in [4.69, 9.17) is 42.7 Å².